The average molecular weight is 764 g/mol. The molecule has 13 nitrogen and oxygen atoms in total. The van der Waals surface area contributed by atoms with Crippen LogP contribution in [0.25, 0.3) is 33.5 Å². The number of halogens is 2. The largest absolute Gasteiger partial charge is 0.465 e. The Hall–Kier alpha value is -5.21. The van der Waals surface area contributed by atoms with E-state index in [1.165, 1.54) is 24.3 Å². The molecule has 2 saturated heterocycles. The Balaban J connectivity index is 1.38. The van der Waals surface area contributed by atoms with E-state index in [4.69, 9.17) is 9.72 Å². The number of likely N-dealkylation sites (tertiary alicyclic amines) is 2. The maximum atomic E-state index is 14.7. The number of carboxylic acid groups (broad SMARTS) is 1. The number of aromatic amines is 1. The third-order valence-electron chi connectivity index (χ3n) is 10.6. The molecule has 0 bridgehead atoms. The van der Waals surface area contributed by atoms with Crippen molar-refractivity contribution in [2.24, 2.45) is 5.92 Å². The van der Waals surface area contributed by atoms with Gasteiger partial charge in [0.25, 0.3) is 0 Å². The Labute approximate surface area is 318 Å². The van der Waals surface area contributed by atoms with Gasteiger partial charge in [-0.25, -0.2) is 23.4 Å². The number of ether oxygens (including phenoxy) is 1. The summed E-state index contributed by atoms with van der Waals surface area (Å²) in [5.41, 5.74) is 2.19. The number of benzene rings is 2. The predicted molar refractivity (Wildman–Crippen MR) is 203 cm³/mol. The van der Waals surface area contributed by atoms with Crippen LogP contribution in [0.2, 0.25) is 0 Å². The van der Waals surface area contributed by atoms with Crippen molar-refractivity contribution in [3.05, 3.63) is 53.6 Å². The third-order valence-corrected chi connectivity index (χ3v) is 10.6. The molecule has 4 heterocycles. The molecule has 0 unspecified atom stereocenters. The van der Waals surface area contributed by atoms with Gasteiger partial charge in [-0.2, -0.15) is 0 Å². The van der Waals surface area contributed by atoms with Crippen LogP contribution in [0.3, 0.4) is 0 Å². The van der Waals surface area contributed by atoms with Gasteiger partial charge in [-0.3, -0.25) is 9.59 Å². The molecule has 2 fully saturated rings. The zero-order valence-electron chi connectivity index (χ0n) is 32.2. The summed E-state index contributed by atoms with van der Waals surface area (Å²) in [5, 5.41) is 15.2. The van der Waals surface area contributed by atoms with Gasteiger partial charge in [0.15, 0.2) is 5.82 Å². The zero-order valence-corrected chi connectivity index (χ0v) is 32.2. The van der Waals surface area contributed by atoms with Crippen molar-refractivity contribution in [2.45, 2.75) is 116 Å². The smallest absolute Gasteiger partial charge is 0.408 e. The van der Waals surface area contributed by atoms with Gasteiger partial charge in [0, 0.05) is 48.7 Å². The number of aromatic nitrogens is 3. The highest BCUT2D eigenvalue weighted by atomic mass is 19.1. The average Bonchev–Trinajstić information content (AvgIpc) is 3.90. The summed E-state index contributed by atoms with van der Waals surface area (Å²) >= 11 is 0. The number of hydrogen-bond acceptors (Lipinski definition) is 6. The number of rotatable bonds is 11. The normalized spacial score (nSPS) is 18.6. The molecule has 2 aliphatic rings. The minimum absolute atomic E-state index is 0.224. The molecule has 2 aromatic carbocycles. The van der Waals surface area contributed by atoms with E-state index in [2.05, 4.69) is 15.6 Å². The van der Waals surface area contributed by atoms with Crippen LogP contribution >= 0.6 is 0 Å². The Morgan fingerprint density at radius 1 is 0.964 bits per heavy atom. The van der Waals surface area contributed by atoms with Crippen LogP contribution in [0.5, 0.6) is 0 Å². The number of nitrogens with one attached hydrogen (secondary N) is 3. The molecule has 4 atom stereocenters. The molecule has 0 saturated carbocycles. The number of hydrogen-bond donors (Lipinski definition) is 4. The predicted octanol–water partition coefficient (Wildman–Crippen LogP) is 6.58. The van der Waals surface area contributed by atoms with E-state index in [9.17, 15) is 33.1 Å². The third kappa shape index (κ3) is 8.55. The van der Waals surface area contributed by atoms with Crippen LogP contribution in [-0.2, 0) is 27.3 Å². The van der Waals surface area contributed by atoms with Gasteiger partial charge in [0.2, 0.25) is 11.8 Å². The van der Waals surface area contributed by atoms with Crippen LogP contribution in [-0.4, -0.2) is 96.3 Å². The standard InChI is InChI=1S/C40H51F2N7O6/c1-7-29(45-38(52)53)36(50)47-16-8-10-25(47)20-28-27-14-12-23(41)18-30(27)43-34(28)35-44-31-19-24(42)13-15-32(31)49(35)21-26-11-9-17-48(26)37(51)33(22(2)3)46-39(54)55-40(4,5)6/h12-15,18-19,22,25-26,29,33,43,45H,7-11,16-17,20-21H2,1-6H3,(H,46,54)(H,52,53)/t25-,26-,29-,33-/m0/s1. The van der Waals surface area contributed by atoms with Gasteiger partial charge < -0.3 is 39.8 Å². The summed E-state index contributed by atoms with van der Waals surface area (Å²) in [6.45, 7) is 12.0. The SMILES string of the molecule is CC[C@H](NC(=O)O)C(=O)N1CCC[C@H]1Cc1c(-c2nc3cc(F)ccc3n2C[C@@H]2CCCN2C(=O)[C@@H](NC(=O)OC(C)(C)C)C(C)C)[nH]c2cc(F)ccc12. The molecule has 4 amide bonds. The van der Waals surface area contributed by atoms with Crippen LogP contribution < -0.4 is 10.6 Å². The monoisotopic (exact) mass is 763 g/mol. The number of fused-ring (bicyclic) bond motifs is 2. The molecule has 15 heteroatoms. The van der Waals surface area contributed by atoms with Crippen molar-refractivity contribution in [1.29, 1.82) is 0 Å². The van der Waals surface area contributed by atoms with Gasteiger partial charge in [0.1, 0.15) is 29.3 Å². The van der Waals surface area contributed by atoms with Crippen molar-refractivity contribution < 1.29 is 37.8 Å². The highest BCUT2D eigenvalue weighted by molar-refractivity contribution is 5.92. The molecule has 0 aliphatic carbocycles. The van der Waals surface area contributed by atoms with Crippen LogP contribution in [0, 0.1) is 17.6 Å². The lowest BCUT2D eigenvalue weighted by atomic mass is 9.99. The quantitative estimate of drug-likeness (QED) is 0.134. The minimum atomic E-state index is -1.27. The lowest BCUT2D eigenvalue weighted by Gasteiger charge is -2.32. The van der Waals surface area contributed by atoms with E-state index in [-0.39, 0.29) is 29.8 Å². The van der Waals surface area contributed by atoms with Crippen LogP contribution in [0.1, 0.15) is 79.2 Å². The summed E-state index contributed by atoms with van der Waals surface area (Å²) in [6, 6.07) is 6.55. The molecule has 296 valence electrons. The molecule has 6 rings (SSSR count). The van der Waals surface area contributed by atoms with Crippen LogP contribution in [0.15, 0.2) is 36.4 Å². The molecule has 2 aliphatic heterocycles. The summed E-state index contributed by atoms with van der Waals surface area (Å²) in [6.07, 6.45) is 1.55. The van der Waals surface area contributed by atoms with E-state index >= 15 is 0 Å². The minimum Gasteiger partial charge on any atom is -0.465 e. The number of carbonyl (C=O) groups excluding carboxylic acids is 3. The van der Waals surface area contributed by atoms with Crippen molar-refractivity contribution in [2.75, 3.05) is 13.1 Å². The Kier molecular flexibility index (Phi) is 11.4. The van der Waals surface area contributed by atoms with Gasteiger partial charge >= 0.3 is 12.2 Å². The van der Waals surface area contributed by atoms with Crippen molar-refractivity contribution >= 4 is 45.9 Å². The summed E-state index contributed by atoms with van der Waals surface area (Å²) in [5.74, 6) is -1.18. The highest BCUT2D eigenvalue weighted by Gasteiger charge is 2.38. The van der Waals surface area contributed by atoms with Crippen molar-refractivity contribution in [3.63, 3.8) is 0 Å². The van der Waals surface area contributed by atoms with Crippen LogP contribution in [0.4, 0.5) is 18.4 Å². The highest BCUT2D eigenvalue weighted by Crippen LogP contribution is 2.37. The van der Waals surface area contributed by atoms with E-state index in [0.717, 1.165) is 23.8 Å². The van der Waals surface area contributed by atoms with Crippen molar-refractivity contribution in [3.8, 4) is 11.5 Å². The second kappa shape index (κ2) is 15.9. The van der Waals surface area contributed by atoms with E-state index in [1.807, 2.05) is 18.4 Å². The van der Waals surface area contributed by atoms with Gasteiger partial charge in [0.05, 0.1) is 16.7 Å². The summed E-state index contributed by atoms with van der Waals surface area (Å²) in [7, 11) is 0. The number of alkyl carbamates (subject to hydrolysis) is 1. The molecule has 0 radical (unpaired) electrons. The fraction of sp³-hybridized carbons (Fsp3) is 0.525. The first-order valence-electron chi connectivity index (χ1n) is 19.1. The Morgan fingerprint density at radius 3 is 2.27 bits per heavy atom. The maximum Gasteiger partial charge on any atom is 0.408 e. The lowest BCUT2D eigenvalue weighted by Crippen LogP contribution is -2.53. The topological polar surface area (TPSA) is 162 Å². The molecule has 55 heavy (non-hydrogen) atoms. The first-order valence-corrected chi connectivity index (χ1v) is 19.1. The van der Waals surface area contributed by atoms with Gasteiger partial charge in [-0.15, -0.1) is 0 Å². The molecule has 4 N–H and O–H groups in total. The number of amides is 4. The van der Waals surface area contributed by atoms with Gasteiger partial charge in [-0.05, 0) is 101 Å². The number of H-pyrrole nitrogens is 1. The number of carbonyl (C=O) groups is 4. The fourth-order valence-corrected chi connectivity index (χ4v) is 8.02. The van der Waals surface area contributed by atoms with E-state index < -0.39 is 41.5 Å². The Bertz CT molecular complexity index is 2090. The fourth-order valence-electron chi connectivity index (χ4n) is 8.02. The van der Waals surface area contributed by atoms with Gasteiger partial charge in [-0.1, -0.05) is 20.8 Å². The maximum absolute atomic E-state index is 14.7. The first-order chi connectivity index (χ1) is 26.0. The second-order valence-corrected chi connectivity index (χ2v) is 16.0. The van der Waals surface area contributed by atoms with E-state index in [0.29, 0.717) is 73.4 Å². The van der Waals surface area contributed by atoms with Crippen molar-refractivity contribution in [1.82, 2.24) is 35.0 Å². The summed E-state index contributed by atoms with van der Waals surface area (Å²) < 4.78 is 36.8. The zero-order chi connectivity index (χ0) is 39.8. The Morgan fingerprint density at radius 2 is 1.62 bits per heavy atom. The number of nitrogens with zero attached hydrogens (tertiary/aromatic N) is 4. The molecule has 0 spiro atoms. The first kappa shape index (κ1) is 39.5. The molecule has 4 aromatic rings. The molecule has 2 aromatic heterocycles. The van der Waals surface area contributed by atoms with E-state index in [1.54, 1.807) is 49.6 Å². The second-order valence-electron chi connectivity index (χ2n) is 16.0. The molecular weight excluding hydrogens is 712 g/mol. The lowest BCUT2D eigenvalue weighted by molar-refractivity contribution is -0.136. The summed E-state index contributed by atoms with van der Waals surface area (Å²) in [4.78, 5) is 63.9. The molecular formula is C40H51F2N7O6. The number of imidazole rings is 1.